The molecule has 0 saturated carbocycles. The van der Waals surface area contributed by atoms with Crippen molar-refractivity contribution in [2.24, 2.45) is 10.1 Å². The Hall–Kier alpha value is -1.94. The van der Waals surface area contributed by atoms with Gasteiger partial charge in [-0.25, -0.2) is 4.98 Å². The van der Waals surface area contributed by atoms with E-state index >= 15 is 0 Å². The lowest BCUT2D eigenvalue weighted by Crippen LogP contribution is -2.23. The molecule has 2 rings (SSSR count). The van der Waals surface area contributed by atoms with Crippen LogP contribution in [-0.2, 0) is 6.54 Å². The number of hydrogen-bond acceptors (Lipinski definition) is 5. The van der Waals surface area contributed by atoms with Crippen molar-refractivity contribution >= 4 is 34.2 Å². The molecule has 2 heterocycles. The highest BCUT2D eigenvalue weighted by molar-refractivity contribution is 8.14. The van der Waals surface area contributed by atoms with E-state index in [1.165, 1.54) is 11.8 Å². The smallest absolute Gasteiger partial charge is 0.208 e. The van der Waals surface area contributed by atoms with Crippen molar-refractivity contribution < 1.29 is 0 Å². The molecule has 0 atom stereocenters. The van der Waals surface area contributed by atoms with Crippen LogP contribution < -0.4 is 0 Å². The van der Waals surface area contributed by atoms with Crippen molar-refractivity contribution in [3.8, 4) is 6.19 Å². The van der Waals surface area contributed by atoms with Gasteiger partial charge in [-0.3, -0.25) is 0 Å². The first-order chi connectivity index (χ1) is 9.24. The minimum atomic E-state index is 0.170. The summed E-state index contributed by atoms with van der Waals surface area (Å²) < 4.78 is 0. The summed E-state index contributed by atoms with van der Waals surface area (Å²) in [5, 5.41) is 12.9. The van der Waals surface area contributed by atoms with E-state index in [1.807, 2.05) is 4.90 Å². The number of aliphatic imine (C=N–C) groups is 1. The molecule has 0 spiro atoms. The van der Waals surface area contributed by atoms with Gasteiger partial charge in [-0.15, -0.1) is 4.99 Å². The van der Waals surface area contributed by atoms with Crippen LogP contribution in [0, 0.1) is 11.5 Å². The fraction of sp³-hybridized carbons (Fsp3) is 0.300. The summed E-state index contributed by atoms with van der Waals surface area (Å²) in [5.74, 6) is 0.894. The number of halogens is 1. The van der Waals surface area contributed by atoms with Gasteiger partial charge in [-0.1, -0.05) is 28.5 Å². The van der Waals surface area contributed by atoms with Crippen LogP contribution in [0.15, 0.2) is 22.4 Å². The quantitative estimate of drug-likeness (QED) is 0.281. The molecule has 0 amide bonds. The SMILES string of the molecule is N#CN=C1SCCN1Cc1cnc(Cl)c(N=[N+]=[N-])c1. The molecule has 0 N–H and O–H groups in total. The van der Waals surface area contributed by atoms with Crippen LogP contribution >= 0.6 is 23.4 Å². The van der Waals surface area contributed by atoms with Gasteiger partial charge in [0.15, 0.2) is 5.17 Å². The van der Waals surface area contributed by atoms with Gasteiger partial charge in [0, 0.05) is 30.0 Å². The van der Waals surface area contributed by atoms with E-state index in [0.29, 0.717) is 17.4 Å². The van der Waals surface area contributed by atoms with Gasteiger partial charge in [0.25, 0.3) is 0 Å². The second-order valence-corrected chi connectivity index (χ2v) is 5.03. The third-order valence-corrected chi connectivity index (χ3v) is 3.70. The summed E-state index contributed by atoms with van der Waals surface area (Å²) in [7, 11) is 0. The second kappa shape index (κ2) is 6.29. The number of pyridine rings is 1. The second-order valence-electron chi connectivity index (χ2n) is 3.61. The average Bonchev–Trinajstić information content (AvgIpc) is 2.82. The average molecular weight is 294 g/mol. The molecule has 1 aliphatic rings. The number of hydrogen-bond donors (Lipinski definition) is 0. The highest BCUT2D eigenvalue weighted by Crippen LogP contribution is 2.26. The third-order valence-electron chi connectivity index (χ3n) is 2.41. The Morgan fingerprint density at radius 1 is 1.68 bits per heavy atom. The van der Waals surface area contributed by atoms with Crippen LogP contribution in [0.5, 0.6) is 0 Å². The molecule has 1 aromatic rings. The standard InChI is InChI=1S/C10H8ClN7S/c11-9-8(16-17-13)3-7(4-14-9)5-18-1-2-19-10(18)15-6-12/h3-4H,1-2,5H2. The van der Waals surface area contributed by atoms with Crippen LogP contribution in [0.2, 0.25) is 5.15 Å². The van der Waals surface area contributed by atoms with Gasteiger partial charge in [0.2, 0.25) is 6.19 Å². The van der Waals surface area contributed by atoms with Crippen LogP contribution in [-0.4, -0.2) is 27.3 Å². The number of nitrogens with zero attached hydrogens (tertiary/aromatic N) is 7. The molecule has 1 aromatic heterocycles. The Labute approximate surface area is 118 Å². The maximum absolute atomic E-state index is 8.60. The summed E-state index contributed by atoms with van der Waals surface area (Å²) in [5.41, 5.74) is 9.58. The fourth-order valence-corrected chi connectivity index (χ4v) is 2.71. The molecule has 1 fully saturated rings. The Bertz CT molecular complexity index is 602. The van der Waals surface area contributed by atoms with Gasteiger partial charge in [0.1, 0.15) is 5.15 Å². The van der Waals surface area contributed by atoms with Crippen LogP contribution in [0.4, 0.5) is 5.69 Å². The van der Waals surface area contributed by atoms with Crippen molar-refractivity contribution in [3.63, 3.8) is 0 Å². The maximum atomic E-state index is 8.60. The van der Waals surface area contributed by atoms with Crippen molar-refractivity contribution in [2.45, 2.75) is 6.54 Å². The highest BCUT2D eigenvalue weighted by Gasteiger charge is 2.19. The van der Waals surface area contributed by atoms with E-state index in [9.17, 15) is 0 Å². The molecular weight excluding hydrogens is 286 g/mol. The maximum Gasteiger partial charge on any atom is 0.208 e. The van der Waals surface area contributed by atoms with Gasteiger partial charge >= 0.3 is 0 Å². The molecule has 0 unspecified atom stereocenters. The van der Waals surface area contributed by atoms with E-state index in [0.717, 1.165) is 17.9 Å². The highest BCUT2D eigenvalue weighted by atomic mass is 35.5. The summed E-state index contributed by atoms with van der Waals surface area (Å²) >= 11 is 7.35. The van der Waals surface area contributed by atoms with Crippen molar-refractivity contribution in [1.82, 2.24) is 9.88 Å². The molecule has 19 heavy (non-hydrogen) atoms. The van der Waals surface area contributed by atoms with Crippen LogP contribution in [0.3, 0.4) is 0 Å². The summed E-state index contributed by atoms with van der Waals surface area (Å²) in [4.78, 5) is 12.4. The lowest BCUT2D eigenvalue weighted by molar-refractivity contribution is 0.456. The Balaban J connectivity index is 2.20. The zero-order valence-corrected chi connectivity index (χ0v) is 11.3. The molecule has 0 aliphatic carbocycles. The van der Waals surface area contributed by atoms with Gasteiger partial charge < -0.3 is 4.90 Å². The number of amidine groups is 1. The van der Waals surface area contributed by atoms with Crippen molar-refractivity contribution in [3.05, 3.63) is 33.4 Å². The normalized spacial score (nSPS) is 16.2. The van der Waals surface area contributed by atoms with E-state index in [4.69, 9.17) is 22.4 Å². The number of thioether (sulfide) groups is 1. The first-order valence-corrected chi connectivity index (χ1v) is 6.65. The summed E-state index contributed by atoms with van der Waals surface area (Å²) in [6, 6.07) is 1.68. The Morgan fingerprint density at radius 3 is 3.26 bits per heavy atom. The zero-order valence-electron chi connectivity index (χ0n) is 9.69. The topological polar surface area (TPSA) is 101 Å². The molecule has 0 aromatic carbocycles. The zero-order chi connectivity index (χ0) is 13.7. The monoisotopic (exact) mass is 293 g/mol. The molecule has 96 valence electrons. The predicted molar refractivity (Wildman–Crippen MR) is 74.0 cm³/mol. The Morgan fingerprint density at radius 2 is 2.53 bits per heavy atom. The van der Waals surface area contributed by atoms with E-state index in [1.54, 1.807) is 18.5 Å². The largest absolute Gasteiger partial charge is 0.345 e. The number of nitriles is 1. The van der Waals surface area contributed by atoms with Crippen LogP contribution in [0.25, 0.3) is 10.4 Å². The summed E-state index contributed by atoms with van der Waals surface area (Å²) in [6.07, 6.45) is 3.41. The molecule has 0 radical (unpaired) electrons. The lowest BCUT2D eigenvalue weighted by atomic mass is 10.2. The van der Waals surface area contributed by atoms with Crippen LogP contribution in [0.1, 0.15) is 5.56 Å². The summed E-state index contributed by atoms with van der Waals surface area (Å²) in [6.45, 7) is 1.36. The Kier molecular flexibility index (Phi) is 4.47. The number of rotatable bonds is 3. The minimum Gasteiger partial charge on any atom is -0.345 e. The van der Waals surface area contributed by atoms with E-state index < -0.39 is 0 Å². The molecule has 7 nitrogen and oxygen atoms in total. The van der Waals surface area contributed by atoms with Crippen molar-refractivity contribution in [1.29, 1.82) is 5.26 Å². The number of aromatic nitrogens is 1. The van der Waals surface area contributed by atoms with Gasteiger partial charge in [-0.05, 0) is 17.2 Å². The van der Waals surface area contributed by atoms with Gasteiger partial charge in [-0.2, -0.15) is 5.26 Å². The molecule has 1 saturated heterocycles. The predicted octanol–water partition coefficient (Wildman–Crippen LogP) is 3.06. The first kappa shape index (κ1) is 13.5. The minimum absolute atomic E-state index is 0.170. The number of azide groups is 1. The molecule has 9 heteroatoms. The van der Waals surface area contributed by atoms with Crippen molar-refractivity contribution in [2.75, 3.05) is 12.3 Å². The fourth-order valence-electron chi connectivity index (χ4n) is 1.63. The van der Waals surface area contributed by atoms with Gasteiger partial charge in [0.05, 0.1) is 5.69 Å². The lowest BCUT2D eigenvalue weighted by Gasteiger charge is -2.16. The first-order valence-electron chi connectivity index (χ1n) is 5.28. The van der Waals surface area contributed by atoms with E-state index in [2.05, 4.69) is 20.0 Å². The molecule has 1 aliphatic heterocycles. The molecular formula is C10H8ClN7S. The van der Waals surface area contributed by atoms with E-state index in [-0.39, 0.29) is 5.15 Å². The molecule has 0 bridgehead atoms. The third kappa shape index (κ3) is 3.29.